The topological polar surface area (TPSA) is 132 Å². The van der Waals surface area contributed by atoms with E-state index < -0.39 is 6.10 Å². The minimum Gasteiger partial charge on any atom is -0.508 e. The minimum absolute atomic E-state index is 0.171. The summed E-state index contributed by atoms with van der Waals surface area (Å²) in [6.45, 7) is 0. The normalized spacial score (nSPS) is 18.9. The molecule has 2 aliphatic rings. The maximum absolute atomic E-state index is 11.6. The number of ether oxygens (including phenoxy) is 1. The highest BCUT2D eigenvalue weighted by Gasteiger charge is 2.28. The number of carbonyl (C=O) groups excluding carboxylic acids is 4. The van der Waals surface area contributed by atoms with Crippen molar-refractivity contribution in [2.75, 3.05) is 0 Å². The SMILES string of the molecule is Cn1ccc2cc(O)ccc21.Cn1ccc2cc(OC3CCC(=O)NC3=O)ccc21.O=C1CCC(Br)C(=O)N1. The highest BCUT2D eigenvalue weighted by Crippen LogP contribution is 2.24. The second-order valence-corrected chi connectivity index (χ2v) is 10.4. The summed E-state index contributed by atoms with van der Waals surface area (Å²) in [4.78, 5) is 43.6. The van der Waals surface area contributed by atoms with Crippen molar-refractivity contribution in [3.8, 4) is 11.5 Å². The number of phenolic OH excluding ortho intramolecular Hbond substituents is 1. The van der Waals surface area contributed by atoms with Crippen LogP contribution in [0.3, 0.4) is 0 Å². The Labute approximate surface area is 233 Å². The van der Waals surface area contributed by atoms with Crippen molar-refractivity contribution in [3.05, 3.63) is 60.9 Å². The van der Waals surface area contributed by atoms with Gasteiger partial charge in [0.05, 0.1) is 4.83 Å². The number of nitrogens with zero attached hydrogens (tertiary/aromatic N) is 2. The number of hydrogen-bond donors (Lipinski definition) is 3. The molecule has 11 heteroatoms. The molecule has 0 spiro atoms. The predicted octanol–water partition coefficient (Wildman–Crippen LogP) is 3.43. The Balaban J connectivity index is 0.000000149. The largest absolute Gasteiger partial charge is 0.508 e. The number of alkyl halides is 1. The van der Waals surface area contributed by atoms with Crippen LogP contribution in [0.2, 0.25) is 0 Å². The number of benzene rings is 2. The van der Waals surface area contributed by atoms with Crippen LogP contribution >= 0.6 is 15.9 Å². The van der Waals surface area contributed by atoms with Crippen molar-refractivity contribution in [1.82, 2.24) is 19.8 Å². The summed E-state index contributed by atoms with van der Waals surface area (Å²) in [6.07, 6.45) is 5.18. The molecule has 2 saturated heterocycles. The lowest BCUT2D eigenvalue weighted by atomic mass is 10.1. The second-order valence-electron chi connectivity index (χ2n) is 9.29. The number of aromatic hydroxyl groups is 1. The van der Waals surface area contributed by atoms with Gasteiger partial charge in [0.25, 0.3) is 5.91 Å². The molecule has 4 amide bonds. The van der Waals surface area contributed by atoms with Gasteiger partial charge in [0, 0.05) is 67.6 Å². The Kier molecular flexibility index (Phi) is 8.70. The number of carbonyl (C=O) groups is 4. The van der Waals surface area contributed by atoms with Crippen LogP contribution in [-0.4, -0.2) is 48.8 Å². The zero-order valence-corrected chi connectivity index (χ0v) is 23.1. The van der Waals surface area contributed by atoms with E-state index in [0.717, 1.165) is 21.8 Å². The molecule has 2 fully saturated rings. The molecular weight excluding hydrogens is 568 g/mol. The van der Waals surface area contributed by atoms with Crippen LogP contribution < -0.4 is 15.4 Å². The fraction of sp³-hybridized carbons (Fsp3) is 0.286. The molecule has 39 heavy (non-hydrogen) atoms. The molecule has 0 aliphatic carbocycles. The number of rotatable bonds is 2. The highest BCUT2D eigenvalue weighted by molar-refractivity contribution is 9.10. The molecular formula is C28H29BrN4O6. The predicted molar refractivity (Wildman–Crippen MR) is 149 cm³/mol. The lowest BCUT2D eigenvalue weighted by Gasteiger charge is -2.21. The Morgan fingerprint density at radius 3 is 1.95 bits per heavy atom. The number of fused-ring (bicyclic) bond motifs is 2. The third kappa shape index (κ3) is 7.05. The molecule has 4 aromatic rings. The summed E-state index contributed by atoms with van der Waals surface area (Å²) < 4.78 is 9.70. The average molecular weight is 597 g/mol. The van der Waals surface area contributed by atoms with Gasteiger partial charge in [0.15, 0.2) is 6.10 Å². The number of halogens is 1. The van der Waals surface area contributed by atoms with E-state index in [4.69, 9.17) is 9.84 Å². The lowest BCUT2D eigenvalue weighted by Crippen LogP contribution is -2.46. The van der Waals surface area contributed by atoms with Gasteiger partial charge >= 0.3 is 0 Å². The summed E-state index contributed by atoms with van der Waals surface area (Å²) in [6, 6.07) is 15.0. The molecule has 10 nitrogen and oxygen atoms in total. The quantitative estimate of drug-likeness (QED) is 0.240. The Hall–Kier alpha value is -4.12. The lowest BCUT2D eigenvalue weighted by molar-refractivity contribution is -0.139. The Bertz CT molecular complexity index is 1540. The van der Waals surface area contributed by atoms with Crippen LogP contribution in [0.1, 0.15) is 25.7 Å². The number of nitrogens with one attached hydrogen (secondary N) is 2. The molecule has 6 rings (SSSR count). The number of piperidine rings is 2. The number of phenols is 1. The van der Waals surface area contributed by atoms with Gasteiger partial charge in [-0.25, -0.2) is 0 Å². The molecule has 3 N–H and O–H groups in total. The first-order valence-corrected chi connectivity index (χ1v) is 13.3. The van der Waals surface area contributed by atoms with Gasteiger partial charge in [-0.1, -0.05) is 15.9 Å². The van der Waals surface area contributed by atoms with Crippen molar-refractivity contribution < 1.29 is 29.0 Å². The number of aromatic nitrogens is 2. The van der Waals surface area contributed by atoms with Gasteiger partial charge in [0.2, 0.25) is 17.7 Å². The van der Waals surface area contributed by atoms with E-state index in [2.05, 4.69) is 26.6 Å². The maximum Gasteiger partial charge on any atom is 0.267 e. The molecule has 0 radical (unpaired) electrons. The minimum atomic E-state index is -0.584. The van der Waals surface area contributed by atoms with Crippen molar-refractivity contribution in [2.45, 2.75) is 36.6 Å². The summed E-state index contributed by atoms with van der Waals surface area (Å²) >= 11 is 3.12. The van der Waals surface area contributed by atoms with E-state index in [1.807, 2.05) is 72.0 Å². The fourth-order valence-corrected chi connectivity index (χ4v) is 4.56. The second kappa shape index (κ2) is 12.2. The van der Waals surface area contributed by atoms with Gasteiger partial charge < -0.3 is 19.0 Å². The monoisotopic (exact) mass is 596 g/mol. The van der Waals surface area contributed by atoms with Crippen LogP contribution in [0.15, 0.2) is 60.9 Å². The first kappa shape index (κ1) is 27.9. The van der Waals surface area contributed by atoms with Crippen LogP contribution in [-0.2, 0) is 33.3 Å². The third-order valence-electron chi connectivity index (χ3n) is 6.36. The molecule has 204 valence electrons. The number of imide groups is 2. The summed E-state index contributed by atoms with van der Waals surface area (Å²) in [5.74, 6) is -0.00776. The van der Waals surface area contributed by atoms with Gasteiger partial charge in [-0.05, 0) is 55.0 Å². The van der Waals surface area contributed by atoms with Gasteiger partial charge in [-0.3, -0.25) is 29.8 Å². The first-order chi connectivity index (χ1) is 18.6. The van der Waals surface area contributed by atoms with Gasteiger partial charge in [0.1, 0.15) is 11.5 Å². The first-order valence-electron chi connectivity index (χ1n) is 12.4. The number of aryl methyl sites for hydroxylation is 2. The van der Waals surface area contributed by atoms with Crippen LogP contribution in [0.25, 0.3) is 21.8 Å². The number of hydrogen-bond acceptors (Lipinski definition) is 6. The number of amides is 4. The van der Waals surface area contributed by atoms with Crippen molar-refractivity contribution in [1.29, 1.82) is 0 Å². The zero-order chi connectivity index (χ0) is 28.1. The van der Waals surface area contributed by atoms with E-state index >= 15 is 0 Å². The molecule has 2 aromatic carbocycles. The standard InChI is InChI=1S/C14H14N2O3.C9H9NO.C5H6BrNO2/c1-16-7-6-9-8-10(2-3-11(9)16)19-12-4-5-13(17)15-14(12)18;1-10-5-4-7-6-8(11)2-3-9(7)10;6-3-1-2-4(8)7-5(3)9/h2-3,6-8,12H,4-5H2,1H3,(H,15,17,18);2-6,11H,1H3;3H,1-2H2,(H,7,8,9). The smallest absolute Gasteiger partial charge is 0.267 e. The molecule has 0 bridgehead atoms. The van der Waals surface area contributed by atoms with Crippen molar-refractivity contribution >= 4 is 61.4 Å². The van der Waals surface area contributed by atoms with E-state index in [1.165, 1.54) is 0 Å². The summed E-state index contributed by atoms with van der Waals surface area (Å²) in [5.41, 5.74) is 2.25. The Morgan fingerprint density at radius 1 is 0.795 bits per heavy atom. The molecule has 0 saturated carbocycles. The fourth-order valence-electron chi connectivity index (χ4n) is 4.22. The van der Waals surface area contributed by atoms with E-state index in [9.17, 15) is 19.2 Å². The summed E-state index contributed by atoms with van der Waals surface area (Å²) in [5, 5.41) is 15.8. The molecule has 4 heterocycles. The van der Waals surface area contributed by atoms with Gasteiger partial charge in [-0.15, -0.1) is 0 Å². The average Bonchev–Trinajstić information content (AvgIpc) is 3.45. The van der Waals surface area contributed by atoms with Crippen LogP contribution in [0.4, 0.5) is 0 Å². The van der Waals surface area contributed by atoms with E-state index in [1.54, 1.807) is 12.1 Å². The zero-order valence-electron chi connectivity index (χ0n) is 21.5. The van der Waals surface area contributed by atoms with Gasteiger partial charge in [-0.2, -0.15) is 0 Å². The van der Waals surface area contributed by atoms with Crippen molar-refractivity contribution in [3.63, 3.8) is 0 Å². The molecule has 2 atom stereocenters. The van der Waals surface area contributed by atoms with E-state index in [-0.39, 0.29) is 28.5 Å². The maximum atomic E-state index is 11.6. The molecule has 2 aromatic heterocycles. The third-order valence-corrected chi connectivity index (χ3v) is 7.24. The molecule has 2 aliphatic heterocycles. The van der Waals surface area contributed by atoms with E-state index in [0.29, 0.717) is 37.2 Å². The van der Waals surface area contributed by atoms with Crippen LogP contribution in [0, 0.1) is 0 Å². The highest BCUT2D eigenvalue weighted by atomic mass is 79.9. The molecule has 2 unspecified atom stereocenters. The summed E-state index contributed by atoms with van der Waals surface area (Å²) in [7, 11) is 3.96. The van der Waals surface area contributed by atoms with Crippen molar-refractivity contribution in [2.24, 2.45) is 14.1 Å². The Morgan fingerprint density at radius 2 is 1.36 bits per heavy atom. The van der Waals surface area contributed by atoms with Crippen LogP contribution in [0.5, 0.6) is 11.5 Å².